The van der Waals surface area contributed by atoms with Crippen molar-refractivity contribution in [1.82, 2.24) is 4.90 Å². The van der Waals surface area contributed by atoms with Gasteiger partial charge >= 0.3 is 12.1 Å². The first-order valence-corrected chi connectivity index (χ1v) is 7.39. The molecule has 0 aliphatic carbocycles. The third-order valence-electron chi connectivity index (χ3n) is 3.65. The Labute approximate surface area is 136 Å². The summed E-state index contributed by atoms with van der Waals surface area (Å²) >= 11 is 0. The SMILES string of the molecule is COC(=O)[C@](C)(O)[C@H](O)C1COC(C)(C)N1C(=O)OC(C)(C)C. The first-order valence-electron chi connectivity index (χ1n) is 7.39. The van der Waals surface area contributed by atoms with Crippen molar-refractivity contribution < 1.29 is 34.0 Å². The van der Waals surface area contributed by atoms with Gasteiger partial charge in [0, 0.05) is 0 Å². The van der Waals surface area contributed by atoms with Gasteiger partial charge in [0.05, 0.1) is 19.8 Å². The second kappa shape index (κ2) is 6.26. The van der Waals surface area contributed by atoms with Crippen molar-refractivity contribution in [2.75, 3.05) is 13.7 Å². The number of ether oxygens (including phenoxy) is 3. The highest BCUT2D eigenvalue weighted by atomic mass is 16.6. The number of hydrogen-bond acceptors (Lipinski definition) is 7. The van der Waals surface area contributed by atoms with Crippen molar-refractivity contribution in [3.05, 3.63) is 0 Å². The monoisotopic (exact) mass is 333 g/mol. The fourth-order valence-electron chi connectivity index (χ4n) is 2.43. The molecule has 1 amide bonds. The van der Waals surface area contributed by atoms with Crippen LogP contribution in [0.5, 0.6) is 0 Å². The number of amides is 1. The van der Waals surface area contributed by atoms with Crippen LogP contribution in [0.25, 0.3) is 0 Å². The van der Waals surface area contributed by atoms with Crippen LogP contribution in [0.15, 0.2) is 0 Å². The predicted molar refractivity (Wildman–Crippen MR) is 80.5 cm³/mol. The first-order chi connectivity index (χ1) is 10.2. The van der Waals surface area contributed by atoms with Crippen molar-refractivity contribution in [2.24, 2.45) is 0 Å². The summed E-state index contributed by atoms with van der Waals surface area (Å²) in [5, 5.41) is 20.7. The second-order valence-corrected chi connectivity index (χ2v) is 7.26. The van der Waals surface area contributed by atoms with Crippen LogP contribution in [0.2, 0.25) is 0 Å². The van der Waals surface area contributed by atoms with E-state index in [4.69, 9.17) is 9.47 Å². The highest BCUT2D eigenvalue weighted by molar-refractivity contribution is 5.80. The standard InChI is InChI=1S/C15H27NO7/c1-13(2,3)23-12(19)16-9(8-22-14(16,4)5)10(17)15(6,20)11(18)21-7/h9-10,17,20H,8H2,1-7H3/t9?,10-,15-/m1/s1. The predicted octanol–water partition coefficient (Wildman–Crippen LogP) is 0.643. The summed E-state index contributed by atoms with van der Waals surface area (Å²) in [6.07, 6.45) is -2.31. The Morgan fingerprint density at radius 1 is 1.30 bits per heavy atom. The van der Waals surface area contributed by atoms with E-state index in [1.165, 1.54) is 4.90 Å². The molecular weight excluding hydrogens is 306 g/mol. The minimum atomic E-state index is -2.19. The van der Waals surface area contributed by atoms with Crippen LogP contribution >= 0.6 is 0 Å². The Balaban J connectivity index is 3.10. The third kappa shape index (κ3) is 4.13. The van der Waals surface area contributed by atoms with Crippen molar-refractivity contribution in [2.45, 2.75) is 70.6 Å². The number of esters is 1. The molecule has 23 heavy (non-hydrogen) atoms. The summed E-state index contributed by atoms with van der Waals surface area (Å²) in [6, 6.07) is -0.964. The van der Waals surface area contributed by atoms with Crippen molar-refractivity contribution >= 4 is 12.1 Å². The largest absolute Gasteiger partial charge is 0.467 e. The Morgan fingerprint density at radius 2 is 1.83 bits per heavy atom. The summed E-state index contributed by atoms with van der Waals surface area (Å²) in [5.41, 5.74) is -3.99. The van der Waals surface area contributed by atoms with Gasteiger partial charge in [-0.25, -0.2) is 9.59 Å². The van der Waals surface area contributed by atoms with Gasteiger partial charge in [0.15, 0.2) is 5.60 Å². The van der Waals surface area contributed by atoms with Gasteiger partial charge in [-0.3, -0.25) is 4.90 Å². The van der Waals surface area contributed by atoms with E-state index in [-0.39, 0.29) is 6.61 Å². The van der Waals surface area contributed by atoms with Crippen LogP contribution in [0, 0.1) is 0 Å². The molecule has 0 aromatic heterocycles. The summed E-state index contributed by atoms with van der Waals surface area (Å²) in [7, 11) is 1.10. The maximum atomic E-state index is 12.5. The number of rotatable bonds is 3. The van der Waals surface area contributed by atoms with Crippen molar-refractivity contribution in [1.29, 1.82) is 0 Å². The average Bonchev–Trinajstić information content (AvgIpc) is 2.70. The van der Waals surface area contributed by atoms with Gasteiger partial charge in [0.25, 0.3) is 0 Å². The van der Waals surface area contributed by atoms with E-state index in [2.05, 4.69) is 4.74 Å². The maximum absolute atomic E-state index is 12.5. The normalized spacial score (nSPS) is 24.7. The number of aliphatic hydroxyl groups is 2. The minimum Gasteiger partial charge on any atom is -0.467 e. The Kier molecular flexibility index (Phi) is 5.35. The van der Waals surface area contributed by atoms with Gasteiger partial charge < -0.3 is 24.4 Å². The third-order valence-corrected chi connectivity index (χ3v) is 3.65. The summed E-state index contributed by atoms with van der Waals surface area (Å²) in [5.74, 6) is -1.00. The molecule has 1 unspecified atom stereocenters. The van der Waals surface area contributed by atoms with Crippen LogP contribution in [0.1, 0.15) is 41.5 Å². The maximum Gasteiger partial charge on any atom is 0.412 e. The molecule has 1 saturated heterocycles. The Morgan fingerprint density at radius 3 is 2.26 bits per heavy atom. The van der Waals surface area contributed by atoms with Crippen LogP contribution in [-0.4, -0.2) is 70.0 Å². The van der Waals surface area contributed by atoms with E-state index in [0.29, 0.717) is 0 Å². The lowest BCUT2D eigenvalue weighted by molar-refractivity contribution is -0.177. The van der Waals surface area contributed by atoms with E-state index in [1.54, 1.807) is 34.6 Å². The number of methoxy groups -OCH3 is 1. The minimum absolute atomic E-state index is 0.0550. The zero-order valence-electron chi connectivity index (χ0n) is 14.7. The fourth-order valence-corrected chi connectivity index (χ4v) is 2.43. The molecule has 0 radical (unpaired) electrons. The van der Waals surface area contributed by atoms with Crippen molar-refractivity contribution in [3.63, 3.8) is 0 Å². The van der Waals surface area contributed by atoms with Crippen molar-refractivity contribution in [3.8, 4) is 0 Å². The molecule has 8 nitrogen and oxygen atoms in total. The summed E-state index contributed by atoms with van der Waals surface area (Å²) in [6.45, 7) is 9.48. The van der Waals surface area contributed by atoms with Gasteiger partial charge in [0.1, 0.15) is 17.4 Å². The molecule has 3 atom stereocenters. The molecule has 8 heteroatoms. The summed E-state index contributed by atoms with van der Waals surface area (Å²) < 4.78 is 15.4. The number of carbonyl (C=O) groups is 2. The zero-order chi connectivity index (χ0) is 18.2. The molecule has 1 rings (SSSR count). The fraction of sp³-hybridized carbons (Fsp3) is 0.867. The summed E-state index contributed by atoms with van der Waals surface area (Å²) in [4.78, 5) is 25.4. The molecule has 0 spiro atoms. The highest BCUT2D eigenvalue weighted by Gasteiger charge is 2.54. The number of carbonyl (C=O) groups excluding carboxylic acids is 2. The average molecular weight is 333 g/mol. The Bertz CT molecular complexity index is 467. The quantitative estimate of drug-likeness (QED) is 0.730. The lowest BCUT2D eigenvalue weighted by Gasteiger charge is -2.39. The molecule has 1 fully saturated rings. The second-order valence-electron chi connectivity index (χ2n) is 7.26. The highest BCUT2D eigenvalue weighted by Crippen LogP contribution is 2.33. The van der Waals surface area contributed by atoms with E-state index in [1.807, 2.05) is 0 Å². The van der Waals surface area contributed by atoms with Gasteiger partial charge in [-0.05, 0) is 41.5 Å². The van der Waals surface area contributed by atoms with Crippen LogP contribution in [0.3, 0.4) is 0 Å². The molecule has 0 aromatic carbocycles. The molecular formula is C15H27NO7. The molecule has 0 bridgehead atoms. The van der Waals surface area contributed by atoms with E-state index in [9.17, 15) is 19.8 Å². The van der Waals surface area contributed by atoms with Gasteiger partial charge in [0.2, 0.25) is 0 Å². The smallest absolute Gasteiger partial charge is 0.412 e. The van der Waals surface area contributed by atoms with E-state index >= 15 is 0 Å². The number of hydrogen-bond donors (Lipinski definition) is 2. The molecule has 0 saturated carbocycles. The lowest BCUT2D eigenvalue weighted by Crippen LogP contribution is -2.60. The lowest BCUT2D eigenvalue weighted by atomic mass is 9.92. The van der Waals surface area contributed by atoms with Crippen LogP contribution in [-0.2, 0) is 19.0 Å². The van der Waals surface area contributed by atoms with E-state index in [0.717, 1.165) is 14.0 Å². The molecule has 134 valence electrons. The molecule has 1 heterocycles. The molecule has 2 N–H and O–H groups in total. The molecule has 1 aliphatic heterocycles. The molecule has 1 aliphatic rings. The van der Waals surface area contributed by atoms with Crippen LogP contribution in [0.4, 0.5) is 4.79 Å². The topological polar surface area (TPSA) is 106 Å². The van der Waals surface area contributed by atoms with Gasteiger partial charge in [-0.1, -0.05) is 0 Å². The molecule has 0 aromatic rings. The number of nitrogens with zero attached hydrogens (tertiary/aromatic N) is 1. The first kappa shape index (κ1) is 19.7. The van der Waals surface area contributed by atoms with Gasteiger partial charge in [-0.2, -0.15) is 0 Å². The van der Waals surface area contributed by atoms with Crippen LogP contribution < -0.4 is 0 Å². The van der Waals surface area contributed by atoms with Gasteiger partial charge in [-0.15, -0.1) is 0 Å². The van der Waals surface area contributed by atoms with E-state index < -0.39 is 41.1 Å². The number of aliphatic hydroxyl groups excluding tert-OH is 1. The Hall–Kier alpha value is -1.38. The zero-order valence-corrected chi connectivity index (χ0v) is 14.7.